The largest absolute Gasteiger partial charge is 0.493 e. The Morgan fingerprint density at radius 1 is 1.08 bits per heavy atom. The maximum Gasteiger partial charge on any atom is 0.338 e. The number of esters is 1. The van der Waals surface area contributed by atoms with Gasteiger partial charge in [-0.2, -0.15) is 4.98 Å². The first kappa shape index (κ1) is 27.6. The fourth-order valence-corrected chi connectivity index (χ4v) is 5.09. The van der Waals surface area contributed by atoms with Crippen LogP contribution in [0.5, 0.6) is 11.5 Å². The molecule has 38 heavy (non-hydrogen) atoms. The van der Waals surface area contributed by atoms with Crippen LogP contribution in [0.1, 0.15) is 63.6 Å². The summed E-state index contributed by atoms with van der Waals surface area (Å²) in [5.41, 5.74) is 2.91. The van der Waals surface area contributed by atoms with Gasteiger partial charge in [0, 0.05) is 11.4 Å². The van der Waals surface area contributed by atoms with Gasteiger partial charge in [-0.1, -0.05) is 74.8 Å². The van der Waals surface area contributed by atoms with E-state index in [9.17, 15) is 4.79 Å². The quantitative estimate of drug-likeness (QED) is 0.153. The van der Waals surface area contributed by atoms with Crippen LogP contribution in [0, 0.1) is 0 Å². The summed E-state index contributed by atoms with van der Waals surface area (Å²) in [5.74, 6) is 2.38. The molecule has 2 heterocycles. The molecule has 1 unspecified atom stereocenters. The van der Waals surface area contributed by atoms with E-state index >= 15 is 0 Å². The van der Waals surface area contributed by atoms with Crippen molar-refractivity contribution in [2.45, 2.75) is 64.3 Å². The third-order valence-corrected chi connectivity index (χ3v) is 7.18. The van der Waals surface area contributed by atoms with Crippen molar-refractivity contribution in [2.24, 2.45) is 0 Å². The average molecular weight is 537 g/mol. The first-order valence-corrected chi connectivity index (χ1v) is 14.1. The van der Waals surface area contributed by atoms with Crippen molar-refractivity contribution in [3.63, 3.8) is 0 Å². The monoisotopic (exact) mass is 536 g/mol. The van der Waals surface area contributed by atoms with Crippen LogP contribution in [0.25, 0.3) is 0 Å². The zero-order valence-corrected chi connectivity index (χ0v) is 23.3. The fraction of sp³-hybridized carbons (Fsp3) is 0.414. The normalized spacial score (nSPS) is 14.6. The zero-order valence-electron chi connectivity index (χ0n) is 22.5. The molecule has 202 valence electrons. The molecule has 0 fully saturated rings. The zero-order chi connectivity index (χ0) is 26.9. The first-order valence-electron chi connectivity index (χ1n) is 13.1. The number of ether oxygens (including phenoxy) is 3. The highest BCUT2D eigenvalue weighted by Crippen LogP contribution is 2.40. The third-order valence-electron chi connectivity index (χ3n) is 6.25. The summed E-state index contributed by atoms with van der Waals surface area (Å²) < 4.78 is 19.2. The lowest BCUT2D eigenvalue weighted by molar-refractivity contribution is -0.140. The van der Waals surface area contributed by atoms with Gasteiger partial charge >= 0.3 is 5.97 Å². The molecular formula is C29H36N4O4S. The Kier molecular flexibility index (Phi) is 9.70. The Morgan fingerprint density at radius 2 is 1.87 bits per heavy atom. The molecule has 1 atom stereocenters. The molecule has 9 heteroatoms. The van der Waals surface area contributed by atoms with E-state index < -0.39 is 12.0 Å². The molecule has 3 aromatic rings. The van der Waals surface area contributed by atoms with Gasteiger partial charge in [-0.15, -0.1) is 5.10 Å². The van der Waals surface area contributed by atoms with Crippen molar-refractivity contribution in [1.29, 1.82) is 0 Å². The minimum atomic E-state index is -0.541. The SMILES string of the molecule is CCCCOc1ccc(C2C(C(=O)OCc3ccccc3)=C(C)Nc3nc(SCCCC)nn32)cc1OC. The number of methoxy groups -OCH3 is 1. The molecule has 0 radical (unpaired) electrons. The lowest BCUT2D eigenvalue weighted by atomic mass is 9.95. The predicted molar refractivity (Wildman–Crippen MR) is 150 cm³/mol. The van der Waals surface area contributed by atoms with E-state index in [2.05, 4.69) is 19.2 Å². The van der Waals surface area contributed by atoms with Crippen molar-refractivity contribution < 1.29 is 19.0 Å². The molecule has 8 nitrogen and oxygen atoms in total. The molecular weight excluding hydrogens is 500 g/mol. The van der Waals surface area contributed by atoms with Crippen LogP contribution in [0.15, 0.2) is 65.0 Å². The number of nitrogens with one attached hydrogen (secondary N) is 1. The van der Waals surface area contributed by atoms with E-state index in [-0.39, 0.29) is 6.61 Å². The Labute approximate surface area is 228 Å². The van der Waals surface area contributed by atoms with Crippen LogP contribution in [0.2, 0.25) is 0 Å². The van der Waals surface area contributed by atoms with E-state index in [1.807, 2.05) is 55.5 Å². The minimum absolute atomic E-state index is 0.180. The van der Waals surface area contributed by atoms with Crippen LogP contribution < -0.4 is 14.8 Å². The first-order chi connectivity index (χ1) is 18.5. The van der Waals surface area contributed by atoms with Gasteiger partial charge in [-0.25, -0.2) is 9.48 Å². The highest BCUT2D eigenvalue weighted by Gasteiger charge is 2.36. The number of carbonyl (C=O) groups excluding carboxylic acids is 1. The molecule has 1 aromatic heterocycles. The van der Waals surface area contributed by atoms with Crippen molar-refractivity contribution in [1.82, 2.24) is 14.8 Å². The minimum Gasteiger partial charge on any atom is -0.493 e. The number of benzene rings is 2. The lowest BCUT2D eigenvalue weighted by Gasteiger charge is -2.28. The summed E-state index contributed by atoms with van der Waals surface area (Å²) in [4.78, 5) is 18.3. The van der Waals surface area contributed by atoms with Gasteiger partial charge in [-0.05, 0) is 43.0 Å². The van der Waals surface area contributed by atoms with Crippen molar-refractivity contribution in [3.05, 3.63) is 70.9 Å². The van der Waals surface area contributed by atoms with E-state index in [4.69, 9.17) is 24.3 Å². The highest BCUT2D eigenvalue weighted by atomic mass is 32.2. The molecule has 0 bridgehead atoms. The molecule has 1 N–H and O–H groups in total. The smallest absolute Gasteiger partial charge is 0.338 e. The van der Waals surface area contributed by atoms with Crippen LogP contribution in [0.4, 0.5) is 5.95 Å². The number of anilines is 1. The summed E-state index contributed by atoms with van der Waals surface area (Å²) in [6.07, 6.45) is 4.18. The molecule has 0 spiro atoms. The van der Waals surface area contributed by atoms with Gasteiger partial charge in [0.1, 0.15) is 12.6 Å². The van der Waals surface area contributed by atoms with Crippen molar-refractivity contribution in [2.75, 3.05) is 24.8 Å². The number of aromatic nitrogens is 3. The third kappa shape index (κ3) is 6.51. The Balaban J connectivity index is 1.69. The summed E-state index contributed by atoms with van der Waals surface area (Å²) in [7, 11) is 1.62. The predicted octanol–water partition coefficient (Wildman–Crippen LogP) is 6.39. The van der Waals surface area contributed by atoms with E-state index in [0.717, 1.165) is 42.6 Å². The second-order valence-electron chi connectivity index (χ2n) is 9.10. The molecule has 1 aliphatic rings. The second kappa shape index (κ2) is 13.4. The fourth-order valence-electron chi connectivity index (χ4n) is 4.17. The van der Waals surface area contributed by atoms with Crippen LogP contribution >= 0.6 is 11.8 Å². The number of unbranched alkanes of at least 4 members (excludes halogenated alkanes) is 2. The second-order valence-corrected chi connectivity index (χ2v) is 10.2. The van der Waals surface area contributed by atoms with Crippen molar-refractivity contribution >= 4 is 23.7 Å². The average Bonchev–Trinajstić information content (AvgIpc) is 3.34. The summed E-state index contributed by atoms with van der Waals surface area (Å²) in [6, 6.07) is 14.9. The molecule has 0 saturated heterocycles. The van der Waals surface area contributed by atoms with Crippen molar-refractivity contribution in [3.8, 4) is 11.5 Å². The summed E-state index contributed by atoms with van der Waals surface area (Å²) in [5, 5.41) is 8.74. The Hall–Kier alpha value is -3.46. The highest BCUT2D eigenvalue weighted by molar-refractivity contribution is 7.99. The number of allylic oxidation sites excluding steroid dienone is 1. The molecule has 2 aromatic carbocycles. The number of nitrogens with zero attached hydrogens (tertiary/aromatic N) is 3. The molecule has 0 amide bonds. The summed E-state index contributed by atoms with van der Waals surface area (Å²) in [6.45, 7) is 6.94. The van der Waals surface area contributed by atoms with Gasteiger partial charge in [0.2, 0.25) is 11.1 Å². The van der Waals surface area contributed by atoms with E-state index in [1.54, 1.807) is 23.6 Å². The number of fused-ring (bicyclic) bond motifs is 1. The molecule has 4 rings (SSSR count). The number of thioether (sulfide) groups is 1. The Morgan fingerprint density at radius 3 is 2.61 bits per heavy atom. The molecule has 1 aliphatic heterocycles. The van der Waals surface area contributed by atoms with Gasteiger partial charge in [0.05, 0.1) is 19.3 Å². The van der Waals surface area contributed by atoms with Gasteiger partial charge in [-0.3, -0.25) is 0 Å². The van der Waals surface area contributed by atoms with Crippen LogP contribution in [-0.2, 0) is 16.1 Å². The molecule has 0 aliphatic carbocycles. The van der Waals surface area contributed by atoms with Gasteiger partial charge < -0.3 is 19.5 Å². The van der Waals surface area contributed by atoms with Gasteiger partial charge in [0.25, 0.3) is 0 Å². The van der Waals surface area contributed by atoms with Gasteiger partial charge in [0.15, 0.2) is 11.5 Å². The number of rotatable bonds is 13. The maximum atomic E-state index is 13.5. The maximum absolute atomic E-state index is 13.5. The standard InChI is InChI=1S/C29H36N4O4S/c1-5-7-16-36-23-15-14-22(18-24(23)35-4)26-25(27(34)37-19-21-12-10-9-11-13-21)20(3)30-28-31-29(32-33(26)28)38-17-8-6-2/h9-15,18,26H,5-8,16-17,19H2,1-4H3,(H,30,31,32). The topological polar surface area (TPSA) is 87.5 Å². The summed E-state index contributed by atoms with van der Waals surface area (Å²) >= 11 is 1.61. The van der Waals surface area contributed by atoms with Crippen LogP contribution in [0.3, 0.4) is 0 Å². The number of carbonyl (C=O) groups is 1. The number of hydrogen-bond donors (Lipinski definition) is 1. The number of hydrogen-bond acceptors (Lipinski definition) is 8. The van der Waals surface area contributed by atoms with E-state index in [0.29, 0.717) is 40.5 Å². The van der Waals surface area contributed by atoms with E-state index in [1.165, 1.54) is 0 Å². The lowest BCUT2D eigenvalue weighted by Crippen LogP contribution is -2.29. The Bertz CT molecular complexity index is 1260. The molecule has 0 saturated carbocycles. The van der Waals surface area contributed by atoms with Crippen LogP contribution in [-0.4, -0.2) is 40.2 Å².